The van der Waals surface area contributed by atoms with Crippen LogP contribution in [0.4, 0.5) is 0 Å². The lowest BCUT2D eigenvalue weighted by atomic mass is 10.0. The van der Waals surface area contributed by atoms with E-state index < -0.39 is 0 Å². The number of fused-ring (bicyclic) bond motifs is 1. The maximum atomic E-state index is 12.6. The van der Waals surface area contributed by atoms with E-state index >= 15 is 0 Å². The standard InChI is InChI=1S/C21H25N3OS2/c1-6-17(16-9-7-12(2)8-10-16)24-18(25)11-26-20-19-13(3)14(4)27-21(19)23-15(5)22-20/h7-10,17H,6,11H2,1-5H3,(H,24,25)/t17-/m0/s1. The number of benzene rings is 1. The van der Waals surface area contributed by atoms with Gasteiger partial charge in [0.05, 0.1) is 11.8 Å². The van der Waals surface area contributed by atoms with Gasteiger partial charge in [0.25, 0.3) is 0 Å². The first-order valence-electron chi connectivity index (χ1n) is 9.12. The monoisotopic (exact) mass is 399 g/mol. The highest BCUT2D eigenvalue weighted by Gasteiger charge is 2.17. The normalized spacial score (nSPS) is 12.3. The molecule has 6 heteroatoms. The van der Waals surface area contributed by atoms with Crippen molar-refractivity contribution in [1.29, 1.82) is 0 Å². The van der Waals surface area contributed by atoms with E-state index in [2.05, 4.69) is 67.2 Å². The zero-order valence-electron chi connectivity index (χ0n) is 16.4. The summed E-state index contributed by atoms with van der Waals surface area (Å²) in [6.45, 7) is 10.3. The van der Waals surface area contributed by atoms with Crippen LogP contribution in [0, 0.1) is 27.7 Å². The molecule has 2 aromatic heterocycles. The molecule has 0 radical (unpaired) electrons. The molecule has 2 heterocycles. The van der Waals surface area contributed by atoms with Crippen LogP contribution in [0.5, 0.6) is 0 Å². The fraction of sp³-hybridized carbons (Fsp3) is 0.381. The molecule has 0 aliphatic heterocycles. The Labute approximate surface area is 168 Å². The van der Waals surface area contributed by atoms with Gasteiger partial charge in [-0.15, -0.1) is 11.3 Å². The van der Waals surface area contributed by atoms with Gasteiger partial charge in [-0.05, 0) is 45.2 Å². The molecule has 0 spiro atoms. The van der Waals surface area contributed by atoms with Crippen LogP contribution in [0.2, 0.25) is 0 Å². The second-order valence-corrected chi connectivity index (χ2v) is 8.93. The van der Waals surface area contributed by atoms with Crippen molar-refractivity contribution in [1.82, 2.24) is 15.3 Å². The third-order valence-electron chi connectivity index (χ3n) is 4.67. The van der Waals surface area contributed by atoms with Crippen LogP contribution in [0.3, 0.4) is 0 Å². The molecule has 27 heavy (non-hydrogen) atoms. The zero-order valence-corrected chi connectivity index (χ0v) is 18.1. The van der Waals surface area contributed by atoms with Crippen LogP contribution < -0.4 is 5.32 Å². The summed E-state index contributed by atoms with van der Waals surface area (Å²) in [5, 5.41) is 5.14. The smallest absolute Gasteiger partial charge is 0.230 e. The highest BCUT2D eigenvalue weighted by atomic mass is 32.2. The van der Waals surface area contributed by atoms with Crippen molar-refractivity contribution in [2.24, 2.45) is 0 Å². The average Bonchev–Trinajstić information content (AvgIpc) is 2.92. The molecule has 3 aromatic rings. The highest BCUT2D eigenvalue weighted by Crippen LogP contribution is 2.35. The van der Waals surface area contributed by atoms with Crippen molar-refractivity contribution in [3.05, 3.63) is 51.7 Å². The van der Waals surface area contributed by atoms with Gasteiger partial charge < -0.3 is 5.32 Å². The Bertz CT molecular complexity index is 964. The molecule has 0 bridgehead atoms. The van der Waals surface area contributed by atoms with Crippen molar-refractivity contribution in [2.45, 2.75) is 52.1 Å². The number of carbonyl (C=O) groups is 1. The van der Waals surface area contributed by atoms with Gasteiger partial charge >= 0.3 is 0 Å². The number of hydrogen-bond acceptors (Lipinski definition) is 5. The number of aryl methyl sites for hydroxylation is 4. The van der Waals surface area contributed by atoms with Crippen molar-refractivity contribution in [2.75, 3.05) is 5.75 Å². The minimum atomic E-state index is 0.0291. The summed E-state index contributed by atoms with van der Waals surface area (Å²) in [7, 11) is 0. The predicted octanol–water partition coefficient (Wildman–Crippen LogP) is 5.28. The number of rotatable bonds is 6. The third kappa shape index (κ3) is 4.50. The Balaban J connectivity index is 1.72. The zero-order chi connectivity index (χ0) is 19.6. The Morgan fingerprint density at radius 1 is 1.15 bits per heavy atom. The lowest BCUT2D eigenvalue weighted by Crippen LogP contribution is -2.29. The lowest BCUT2D eigenvalue weighted by molar-refractivity contribution is -0.119. The summed E-state index contributed by atoms with van der Waals surface area (Å²) in [4.78, 5) is 24.0. The van der Waals surface area contributed by atoms with Crippen molar-refractivity contribution in [3.8, 4) is 0 Å². The second-order valence-electron chi connectivity index (χ2n) is 6.77. The maximum absolute atomic E-state index is 12.6. The average molecular weight is 400 g/mol. The second kappa shape index (κ2) is 8.40. The van der Waals surface area contributed by atoms with Gasteiger partial charge in [0.2, 0.25) is 5.91 Å². The molecule has 4 nitrogen and oxygen atoms in total. The Kier molecular flexibility index (Phi) is 6.17. The summed E-state index contributed by atoms with van der Waals surface area (Å²) in [6, 6.07) is 8.38. The van der Waals surface area contributed by atoms with E-state index in [1.165, 1.54) is 27.8 Å². The number of amides is 1. The summed E-state index contributed by atoms with van der Waals surface area (Å²) >= 11 is 3.18. The van der Waals surface area contributed by atoms with Gasteiger partial charge in [0.15, 0.2) is 0 Å². The van der Waals surface area contributed by atoms with Gasteiger partial charge in [-0.1, -0.05) is 48.5 Å². The Morgan fingerprint density at radius 2 is 1.85 bits per heavy atom. The summed E-state index contributed by atoms with van der Waals surface area (Å²) in [5.41, 5.74) is 3.58. The highest BCUT2D eigenvalue weighted by molar-refractivity contribution is 8.00. The molecule has 1 atom stereocenters. The number of carbonyl (C=O) groups excluding carboxylic acids is 1. The maximum Gasteiger partial charge on any atom is 0.230 e. The number of thioether (sulfide) groups is 1. The van der Waals surface area contributed by atoms with Gasteiger partial charge in [0, 0.05) is 10.3 Å². The van der Waals surface area contributed by atoms with E-state index in [0.29, 0.717) is 5.75 Å². The number of nitrogens with zero attached hydrogens (tertiary/aromatic N) is 2. The Morgan fingerprint density at radius 3 is 2.52 bits per heavy atom. The first-order valence-corrected chi connectivity index (χ1v) is 10.9. The van der Waals surface area contributed by atoms with E-state index in [1.807, 2.05) is 6.92 Å². The summed E-state index contributed by atoms with van der Waals surface area (Å²) in [5.74, 6) is 1.13. The molecule has 0 saturated heterocycles. The minimum absolute atomic E-state index is 0.0291. The minimum Gasteiger partial charge on any atom is -0.349 e. The SMILES string of the molecule is CC[C@H](NC(=O)CSc1nc(C)nc2sc(C)c(C)c12)c1ccc(C)cc1. The molecule has 0 unspecified atom stereocenters. The van der Waals surface area contributed by atoms with Crippen LogP contribution in [0.25, 0.3) is 10.2 Å². The first kappa shape index (κ1) is 19.8. The van der Waals surface area contributed by atoms with Crippen LogP contribution in [-0.4, -0.2) is 21.6 Å². The number of hydrogen-bond donors (Lipinski definition) is 1. The molecule has 0 aliphatic carbocycles. The molecule has 0 saturated carbocycles. The fourth-order valence-corrected chi connectivity index (χ4v) is 5.09. The molecule has 0 fully saturated rings. The molecule has 0 aliphatic rings. The van der Waals surface area contributed by atoms with Crippen molar-refractivity contribution >= 4 is 39.2 Å². The topological polar surface area (TPSA) is 54.9 Å². The van der Waals surface area contributed by atoms with Crippen LogP contribution >= 0.6 is 23.1 Å². The summed E-state index contributed by atoms with van der Waals surface area (Å²) in [6.07, 6.45) is 0.860. The van der Waals surface area contributed by atoms with E-state index in [9.17, 15) is 4.79 Å². The first-order chi connectivity index (χ1) is 12.9. The fourth-order valence-electron chi connectivity index (χ4n) is 3.01. The predicted molar refractivity (Wildman–Crippen MR) is 115 cm³/mol. The lowest BCUT2D eigenvalue weighted by Gasteiger charge is -2.17. The van der Waals surface area contributed by atoms with E-state index in [-0.39, 0.29) is 11.9 Å². The number of nitrogens with one attached hydrogen (secondary N) is 1. The molecular weight excluding hydrogens is 374 g/mol. The van der Waals surface area contributed by atoms with Crippen LogP contribution in [0.1, 0.15) is 46.8 Å². The quantitative estimate of drug-likeness (QED) is 0.452. The molecule has 142 valence electrons. The van der Waals surface area contributed by atoms with Gasteiger partial charge in [0.1, 0.15) is 15.7 Å². The van der Waals surface area contributed by atoms with Gasteiger partial charge in [-0.25, -0.2) is 9.97 Å². The van der Waals surface area contributed by atoms with E-state index in [1.54, 1.807) is 11.3 Å². The molecule has 1 N–H and O–H groups in total. The molecule has 1 aromatic carbocycles. The van der Waals surface area contributed by atoms with Gasteiger partial charge in [-0.2, -0.15) is 0 Å². The van der Waals surface area contributed by atoms with E-state index in [4.69, 9.17) is 0 Å². The molecule has 1 amide bonds. The van der Waals surface area contributed by atoms with Crippen LogP contribution in [-0.2, 0) is 4.79 Å². The molecule has 3 rings (SSSR count). The van der Waals surface area contributed by atoms with Crippen LogP contribution in [0.15, 0.2) is 29.3 Å². The van der Waals surface area contributed by atoms with Gasteiger partial charge in [-0.3, -0.25) is 4.79 Å². The largest absolute Gasteiger partial charge is 0.349 e. The van der Waals surface area contributed by atoms with Crippen molar-refractivity contribution < 1.29 is 4.79 Å². The molecular formula is C21H25N3OS2. The third-order valence-corrected chi connectivity index (χ3v) is 6.75. The summed E-state index contributed by atoms with van der Waals surface area (Å²) < 4.78 is 0. The van der Waals surface area contributed by atoms with Crippen molar-refractivity contribution in [3.63, 3.8) is 0 Å². The number of thiophene rings is 1. The Hall–Kier alpha value is -1.92. The number of aromatic nitrogens is 2. The van der Waals surface area contributed by atoms with E-state index in [0.717, 1.165) is 33.1 Å².